The summed E-state index contributed by atoms with van der Waals surface area (Å²) in [4.78, 5) is 34.6. The Kier molecular flexibility index (Phi) is 7.10. The molecule has 166 valence electrons. The Balaban J connectivity index is 1.47. The number of hydrogen-bond acceptors (Lipinski definition) is 5. The summed E-state index contributed by atoms with van der Waals surface area (Å²) in [5.74, 6) is -0.387. The van der Waals surface area contributed by atoms with Crippen LogP contribution in [0.3, 0.4) is 0 Å². The number of ether oxygens (including phenoxy) is 1. The molecule has 0 unspecified atom stereocenters. The lowest BCUT2D eigenvalue weighted by Crippen LogP contribution is -2.59. The van der Waals surface area contributed by atoms with Gasteiger partial charge < -0.3 is 14.5 Å². The largest absolute Gasteiger partial charge is 0.382 e. The maximum absolute atomic E-state index is 13.2. The van der Waals surface area contributed by atoms with E-state index in [1.807, 2.05) is 30.3 Å². The van der Waals surface area contributed by atoms with Crippen LogP contribution in [-0.2, 0) is 20.9 Å². The van der Waals surface area contributed by atoms with Crippen LogP contribution in [0.25, 0.3) is 16.8 Å². The molecule has 0 aliphatic carbocycles. The number of rotatable bonds is 6. The Morgan fingerprint density at radius 3 is 2.81 bits per heavy atom. The quantitative estimate of drug-likeness (QED) is 0.478. The van der Waals surface area contributed by atoms with Gasteiger partial charge >= 0.3 is 0 Å². The smallest absolute Gasteiger partial charge is 0.248 e. The second-order valence-corrected chi connectivity index (χ2v) is 9.59. The van der Waals surface area contributed by atoms with Crippen LogP contribution in [0.4, 0.5) is 0 Å². The van der Waals surface area contributed by atoms with Crippen LogP contribution in [-0.4, -0.2) is 59.4 Å². The third kappa shape index (κ3) is 5.13. The molecule has 2 amide bonds. The van der Waals surface area contributed by atoms with Crippen molar-refractivity contribution in [1.82, 2.24) is 14.8 Å². The first-order valence-electron chi connectivity index (χ1n) is 10.0. The number of thiophene rings is 1. The zero-order valence-electron chi connectivity index (χ0n) is 17.3. The predicted molar refractivity (Wildman–Crippen MR) is 128 cm³/mol. The molecular formula is C23H21Cl2N3O3S. The van der Waals surface area contributed by atoms with Crippen LogP contribution in [0.5, 0.6) is 0 Å². The third-order valence-corrected chi connectivity index (χ3v) is 6.70. The Morgan fingerprint density at radius 2 is 2.06 bits per heavy atom. The maximum Gasteiger partial charge on any atom is 0.248 e. The molecule has 1 saturated heterocycles. The highest BCUT2D eigenvalue weighted by atomic mass is 35.5. The minimum atomic E-state index is -0.683. The molecule has 32 heavy (non-hydrogen) atoms. The number of pyridine rings is 1. The summed E-state index contributed by atoms with van der Waals surface area (Å²) in [5.41, 5.74) is 0.776. The van der Waals surface area contributed by atoms with Gasteiger partial charge in [-0.3, -0.25) is 14.6 Å². The van der Waals surface area contributed by atoms with Gasteiger partial charge in [0.25, 0.3) is 0 Å². The van der Waals surface area contributed by atoms with Gasteiger partial charge in [-0.15, -0.1) is 11.3 Å². The monoisotopic (exact) mass is 489 g/mol. The maximum atomic E-state index is 13.2. The molecule has 3 heterocycles. The Morgan fingerprint density at radius 1 is 1.22 bits per heavy atom. The molecule has 1 atom stereocenters. The van der Waals surface area contributed by atoms with Gasteiger partial charge in [0.2, 0.25) is 11.8 Å². The molecule has 1 aliphatic heterocycles. The molecule has 9 heteroatoms. The number of fused-ring (bicyclic) bond motifs is 1. The fourth-order valence-electron chi connectivity index (χ4n) is 3.69. The Bertz CT molecular complexity index is 1180. The summed E-state index contributed by atoms with van der Waals surface area (Å²) in [7, 11) is 1.52. The lowest BCUT2D eigenvalue weighted by molar-refractivity contribution is -0.152. The molecule has 1 aliphatic rings. The van der Waals surface area contributed by atoms with Crippen molar-refractivity contribution in [1.29, 1.82) is 0 Å². The summed E-state index contributed by atoms with van der Waals surface area (Å²) in [6, 6.07) is 10.5. The summed E-state index contributed by atoms with van der Waals surface area (Å²) in [6.07, 6.45) is 4.95. The van der Waals surface area contributed by atoms with Gasteiger partial charge in [0, 0.05) is 47.8 Å². The number of amides is 2. The van der Waals surface area contributed by atoms with Gasteiger partial charge in [0.1, 0.15) is 6.04 Å². The van der Waals surface area contributed by atoms with E-state index in [9.17, 15) is 9.59 Å². The predicted octanol–water partition coefficient (Wildman–Crippen LogP) is 4.50. The first-order chi connectivity index (χ1) is 15.4. The molecule has 0 bridgehead atoms. The fraction of sp³-hybridized carbons (Fsp3) is 0.261. The number of piperazine rings is 1. The van der Waals surface area contributed by atoms with Crippen LogP contribution in [0.1, 0.15) is 10.6 Å². The average molecular weight is 490 g/mol. The van der Waals surface area contributed by atoms with Crippen molar-refractivity contribution in [3.63, 3.8) is 0 Å². The summed E-state index contributed by atoms with van der Waals surface area (Å²) >= 11 is 13.4. The molecule has 0 N–H and O–H groups in total. The summed E-state index contributed by atoms with van der Waals surface area (Å²) in [5, 5.41) is 2.61. The highest BCUT2D eigenvalue weighted by molar-refractivity contribution is 7.17. The molecule has 3 aromatic rings. The van der Waals surface area contributed by atoms with E-state index in [-0.39, 0.29) is 18.4 Å². The number of hydrogen-bond donors (Lipinski definition) is 0. The van der Waals surface area contributed by atoms with E-state index >= 15 is 0 Å². The van der Waals surface area contributed by atoms with E-state index < -0.39 is 6.04 Å². The number of carbonyl (C=O) groups is 2. The first-order valence-corrected chi connectivity index (χ1v) is 11.6. The molecule has 6 nitrogen and oxygen atoms in total. The van der Waals surface area contributed by atoms with E-state index in [4.69, 9.17) is 27.9 Å². The van der Waals surface area contributed by atoms with Crippen LogP contribution >= 0.6 is 34.5 Å². The molecule has 0 radical (unpaired) electrons. The highest BCUT2D eigenvalue weighted by Crippen LogP contribution is 2.23. The Hall–Kier alpha value is -2.45. The zero-order chi connectivity index (χ0) is 22.7. The van der Waals surface area contributed by atoms with Gasteiger partial charge in [-0.05, 0) is 41.8 Å². The number of nitrogens with zero attached hydrogens (tertiary/aromatic N) is 3. The fourth-order valence-corrected chi connectivity index (χ4v) is 4.83. The molecule has 0 spiro atoms. The molecular weight excluding hydrogens is 469 g/mol. The van der Waals surface area contributed by atoms with E-state index in [2.05, 4.69) is 4.98 Å². The second-order valence-electron chi connectivity index (χ2n) is 7.40. The van der Waals surface area contributed by atoms with Crippen molar-refractivity contribution in [3.05, 3.63) is 68.6 Å². The van der Waals surface area contributed by atoms with Gasteiger partial charge in [-0.25, -0.2) is 0 Å². The minimum Gasteiger partial charge on any atom is -0.382 e. The standard InChI is InChI=1S/C23H21Cl2N3O3S/c1-31-14-20-23(30)27(13-18-11-15-2-3-17(24)10-16(15)12-26-18)8-9-28(20)22(29)7-5-19-4-6-21(25)32-19/h2-7,10-12,20H,8-9,13-14H2,1H3/b7-5+/t20-/m0/s1. The molecule has 0 saturated carbocycles. The van der Waals surface area contributed by atoms with Crippen LogP contribution in [0, 0.1) is 0 Å². The SMILES string of the molecule is COC[C@H]1C(=O)N(Cc2cc3ccc(Cl)cc3cn2)CCN1C(=O)/C=C/c1ccc(Cl)s1. The highest BCUT2D eigenvalue weighted by Gasteiger charge is 2.36. The van der Waals surface area contributed by atoms with Crippen molar-refractivity contribution in [2.24, 2.45) is 0 Å². The molecule has 1 fully saturated rings. The summed E-state index contributed by atoms with van der Waals surface area (Å²) in [6.45, 7) is 1.33. The second kappa shape index (κ2) is 10.0. The number of halogens is 2. The minimum absolute atomic E-state index is 0.128. The van der Waals surface area contributed by atoms with Gasteiger partial charge in [0.05, 0.1) is 23.2 Å². The van der Waals surface area contributed by atoms with Crippen molar-refractivity contribution < 1.29 is 14.3 Å². The molecule has 1 aromatic carbocycles. The number of methoxy groups -OCH3 is 1. The van der Waals surface area contributed by atoms with Crippen molar-refractivity contribution >= 4 is 63.2 Å². The first kappa shape index (κ1) is 22.7. The number of benzene rings is 1. The lowest BCUT2D eigenvalue weighted by Gasteiger charge is -2.39. The van der Waals surface area contributed by atoms with E-state index in [0.29, 0.717) is 29.0 Å². The third-order valence-electron chi connectivity index (χ3n) is 5.27. The lowest BCUT2D eigenvalue weighted by atomic mass is 10.1. The average Bonchev–Trinajstić information content (AvgIpc) is 3.20. The topological polar surface area (TPSA) is 62.7 Å². The molecule has 4 rings (SSSR count). The van der Waals surface area contributed by atoms with Crippen LogP contribution in [0.2, 0.25) is 9.36 Å². The van der Waals surface area contributed by atoms with Crippen molar-refractivity contribution in [2.45, 2.75) is 12.6 Å². The van der Waals surface area contributed by atoms with Gasteiger partial charge in [-0.1, -0.05) is 29.3 Å². The van der Waals surface area contributed by atoms with Gasteiger partial charge in [-0.2, -0.15) is 0 Å². The van der Waals surface area contributed by atoms with Crippen molar-refractivity contribution in [2.75, 3.05) is 26.8 Å². The van der Waals surface area contributed by atoms with Crippen LogP contribution in [0.15, 0.2) is 48.7 Å². The zero-order valence-corrected chi connectivity index (χ0v) is 19.7. The molecule has 2 aromatic heterocycles. The van der Waals surface area contributed by atoms with E-state index in [1.165, 1.54) is 24.5 Å². The number of aromatic nitrogens is 1. The normalized spacial score (nSPS) is 17.0. The number of carbonyl (C=O) groups excluding carboxylic acids is 2. The van der Waals surface area contributed by atoms with E-state index in [1.54, 1.807) is 28.1 Å². The van der Waals surface area contributed by atoms with Crippen molar-refractivity contribution in [3.8, 4) is 0 Å². The van der Waals surface area contributed by atoms with Gasteiger partial charge in [0.15, 0.2) is 0 Å². The summed E-state index contributed by atoms with van der Waals surface area (Å²) < 4.78 is 5.91. The van der Waals surface area contributed by atoms with E-state index in [0.717, 1.165) is 21.3 Å². The van der Waals surface area contributed by atoms with Crippen LogP contribution < -0.4 is 0 Å². The Labute approximate surface area is 200 Å².